The number of anilines is 1. The van der Waals surface area contributed by atoms with Gasteiger partial charge in [0.05, 0.1) is 11.3 Å². The average molecular weight is 281 g/mol. The Morgan fingerprint density at radius 1 is 1.26 bits per heavy atom. The summed E-state index contributed by atoms with van der Waals surface area (Å²) in [5, 5.41) is 14.7. The van der Waals surface area contributed by atoms with Crippen LogP contribution in [0.25, 0.3) is 0 Å². The van der Waals surface area contributed by atoms with Crippen molar-refractivity contribution in [3.8, 4) is 0 Å². The topological polar surface area (TPSA) is 78.4 Å². The fraction of sp³-hybridized carbons (Fsp3) is 0.231. The number of carboxylic acid groups (broad SMARTS) is 1. The Bertz CT molecular complexity index is 535. The molecular weight excluding hydrogens is 268 g/mol. The predicted molar refractivity (Wildman–Crippen MR) is 72.7 cm³/mol. The van der Waals surface area contributed by atoms with Gasteiger partial charge in [0.15, 0.2) is 0 Å². The largest absolute Gasteiger partial charge is 0.478 e. The third kappa shape index (κ3) is 3.48. The van der Waals surface area contributed by atoms with Gasteiger partial charge in [-0.25, -0.2) is 9.59 Å². The summed E-state index contributed by atoms with van der Waals surface area (Å²) in [5.74, 6) is -1.12. The lowest BCUT2D eigenvalue weighted by Gasteiger charge is -2.14. The first-order valence-corrected chi connectivity index (χ1v) is 6.19. The van der Waals surface area contributed by atoms with Gasteiger partial charge in [-0.2, -0.15) is 0 Å². The van der Waals surface area contributed by atoms with E-state index in [0.29, 0.717) is 5.02 Å². The standard InChI is InChI=1S/C13H13ClN2O3/c14-8-5-6-10(12(17)18)11(7-8)16-13(19)15-9-3-1-2-4-9/h1-2,5-7,9H,3-4H2,(H,17,18)(H2,15,16,19). The molecule has 5 nitrogen and oxygen atoms in total. The summed E-state index contributed by atoms with van der Waals surface area (Å²) >= 11 is 5.80. The molecule has 2 rings (SSSR count). The number of hydrogen-bond donors (Lipinski definition) is 3. The molecule has 0 aromatic heterocycles. The molecule has 6 heteroatoms. The molecule has 0 atom stereocenters. The Balaban J connectivity index is 2.06. The highest BCUT2D eigenvalue weighted by atomic mass is 35.5. The molecule has 19 heavy (non-hydrogen) atoms. The van der Waals surface area contributed by atoms with Crippen LogP contribution in [0, 0.1) is 0 Å². The number of halogens is 1. The highest BCUT2D eigenvalue weighted by molar-refractivity contribution is 6.31. The van der Waals surface area contributed by atoms with Crippen LogP contribution in [0.5, 0.6) is 0 Å². The molecule has 0 fully saturated rings. The molecule has 0 saturated heterocycles. The van der Waals surface area contributed by atoms with Crippen LogP contribution in [-0.4, -0.2) is 23.1 Å². The molecular formula is C13H13ClN2O3. The Morgan fingerprint density at radius 2 is 1.95 bits per heavy atom. The minimum atomic E-state index is -1.12. The van der Waals surface area contributed by atoms with Crippen molar-refractivity contribution in [3.05, 3.63) is 40.9 Å². The molecule has 100 valence electrons. The maximum Gasteiger partial charge on any atom is 0.337 e. The van der Waals surface area contributed by atoms with Crippen LogP contribution in [0.15, 0.2) is 30.4 Å². The third-order valence-electron chi connectivity index (χ3n) is 2.80. The van der Waals surface area contributed by atoms with Crippen LogP contribution in [0.1, 0.15) is 23.2 Å². The lowest BCUT2D eigenvalue weighted by Crippen LogP contribution is -2.36. The molecule has 3 N–H and O–H groups in total. The lowest BCUT2D eigenvalue weighted by molar-refractivity contribution is 0.0698. The van der Waals surface area contributed by atoms with E-state index in [-0.39, 0.29) is 17.3 Å². The van der Waals surface area contributed by atoms with E-state index in [4.69, 9.17) is 16.7 Å². The Hall–Kier alpha value is -2.01. The number of amides is 2. The van der Waals surface area contributed by atoms with E-state index in [0.717, 1.165) is 12.8 Å². The summed E-state index contributed by atoms with van der Waals surface area (Å²) in [6.45, 7) is 0. The van der Waals surface area contributed by atoms with Gasteiger partial charge < -0.3 is 15.7 Å². The van der Waals surface area contributed by atoms with Gasteiger partial charge in [0.1, 0.15) is 0 Å². The average Bonchev–Trinajstić information content (AvgIpc) is 2.81. The van der Waals surface area contributed by atoms with Crippen molar-refractivity contribution in [1.29, 1.82) is 0 Å². The first kappa shape index (κ1) is 13.4. The van der Waals surface area contributed by atoms with Crippen LogP contribution >= 0.6 is 11.6 Å². The highest BCUT2D eigenvalue weighted by Crippen LogP contribution is 2.21. The zero-order chi connectivity index (χ0) is 13.8. The van der Waals surface area contributed by atoms with Crippen molar-refractivity contribution < 1.29 is 14.7 Å². The summed E-state index contributed by atoms with van der Waals surface area (Å²) in [6, 6.07) is 3.87. The van der Waals surface area contributed by atoms with Gasteiger partial charge in [-0.3, -0.25) is 0 Å². The molecule has 1 aliphatic carbocycles. The number of carbonyl (C=O) groups is 2. The molecule has 1 aliphatic rings. The van der Waals surface area contributed by atoms with Gasteiger partial charge in [-0.15, -0.1) is 0 Å². The van der Waals surface area contributed by atoms with Crippen molar-refractivity contribution in [1.82, 2.24) is 5.32 Å². The fourth-order valence-corrected chi connectivity index (χ4v) is 2.06. The Morgan fingerprint density at radius 3 is 2.58 bits per heavy atom. The van der Waals surface area contributed by atoms with Crippen molar-refractivity contribution in [2.75, 3.05) is 5.32 Å². The molecule has 0 saturated carbocycles. The smallest absolute Gasteiger partial charge is 0.337 e. The molecule has 2 amide bonds. The van der Waals surface area contributed by atoms with Crippen molar-refractivity contribution in [2.45, 2.75) is 18.9 Å². The van der Waals surface area contributed by atoms with Crippen LogP contribution in [0.2, 0.25) is 5.02 Å². The molecule has 0 radical (unpaired) electrons. The van der Waals surface area contributed by atoms with Crippen molar-refractivity contribution in [3.63, 3.8) is 0 Å². The monoisotopic (exact) mass is 280 g/mol. The second-order valence-electron chi connectivity index (χ2n) is 4.23. The molecule has 0 bridgehead atoms. The third-order valence-corrected chi connectivity index (χ3v) is 3.04. The number of nitrogens with one attached hydrogen (secondary N) is 2. The van der Waals surface area contributed by atoms with E-state index in [1.165, 1.54) is 18.2 Å². The van der Waals surface area contributed by atoms with Crippen LogP contribution in [0.3, 0.4) is 0 Å². The maximum absolute atomic E-state index is 11.8. The van der Waals surface area contributed by atoms with Crippen molar-refractivity contribution in [2.24, 2.45) is 0 Å². The van der Waals surface area contributed by atoms with E-state index < -0.39 is 12.0 Å². The SMILES string of the molecule is O=C(Nc1cc(Cl)ccc1C(=O)O)NC1CC=CC1. The molecule has 0 heterocycles. The van der Waals surface area contributed by atoms with Gasteiger partial charge in [0.25, 0.3) is 0 Å². The van der Waals surface area contributed by atoms with Crippen LogP contribution < -0.4 is 10.6 Å². The molecule has 1 aromatic rings. The predicted octanol–water partition coefficient (Wildman–Crippen LogP) is 2.88. The lowest BCUT2D eigenvalue weighted by atomic mass is 10.2. The van der Waals surface area contributed by atoms with Gasteiger partial charge in [-0.05, 0) is 31.0 Å². The quantitative estimate of drug-likeness (QED) is 0.745. The Kier molecular flexibility index (Phi) is 4.06. The van der Waals surface area contributed by atoms with Gasteiger partial charge in [0.2, 0.25) is 0 Å². The summed E-state index contributed by atoms with van der Waals surface area (Å²) < 4.78 is 0. The molecule has 1 aromatic carbocycles. The summed E-state index contributed by atoms with van der Waals surface area (Å²) in [7, 11) is 0. The van der Waals surface area contributed by atoms with Gasteiger partial charge in [-0.1, -0.05) is 23.8 Å². The highest BCUT2D eigenvalue weighted by Gasteiger charge is 2.16. The molecule has 0 spiro atoms. The number of rotatable bonds is 3. The minimum absolute atomic E-state index is 0.00379. The number of carboxylic acids is 1. The number of urea groups is 1. The molecule has 0 aliphatic heterocycles. The van der Waals surface area contributed by atoms with E-state index in [1.54, 1.807) is 0 Å². The number of hydrogen-bond acceptors (Lipinski definition) is 2. The first-order chi connectivity index (χ1) is 9.06. The van der Waals surface area contributed by atoms with E-state index >= 15 is 0 Å². The van der Waals surface area contributed by atoms with Crippen molar-refractivity contribution >= 4 is 29.3 Å². The first-order valence-electron chi connectivity index (χ1n) is 5.81. The minimum Gasteiger partial charge on any atom is -0.478 e. The van der Waals surface area contributed by atoms with Crippen LogP contribution in [0.4, 0.5) is 10.5 Å². The normalized spacial score (nSPS) is 14.4. The molecule has 0 unspecified atom stereocenters. The number of carbonyl (C=O) groups excluding carboxylic acids is 1. The second-order valence-corrected chi connectivity index (χ2v) is 4.67. The Labute approximate surface area is 115 Å². The fourth-order valence-electron chi connectivity index (χ4n) is 1.89. The van der Waals surface area contributed by atoms with E-state index in [1.807, 2.05) is 12.2 Å². The zero-order valence-corrected chi connectivity index (χ0v) is 10.8. The second kappa shape index (κ2) is 5.75. The summed E-state index contributed by atoms with van der Waals surface area (Å²) in [6.07, 6.45) is 5.56. The number of aromatic carboxylic acids is 1. The van der Waals surface area contributed by atoms with E-state index in [9.17, 15) is 9.59 Å². The summed E-state index contributed by atoms with van der Waals surface area (Å²) in [5.41, 5.74) is 0.188. The van der Waals surface area contributed by atoms with Gasteiger partial charge >= 0.3 is 12.0 Å². The van der Waals surface area contributed by atoms with Gasteiger partial charge in [0, 0.05) is 11.1 Å². The van der Waals surface area contributed by atoms with Crippen LogP contribution in [-0.2, 0) is 0 Å². The van der Waals surface area contributed by atoms with E-state index in [2.05, 4.69) is 10.6 Å². The zero-order valence-electron chi connectivity index (χ0n) is 10.0. The summed E-state index contributed by atoms with van der Waals surface area (Å²) in [4.78, 5) is 22.8. The maximum atomic E-state index is 11.8. The number of benzene rings is 1.